The Morgan fingerprint density at radius 1 is 1.21 bits per heavy atom. The number of carbonyl (C=O) groups is 3. The monoisotopic (exact) mass is 452 g/mol. The fourth-order valence-corrected chi connectivity index (χ4v) is 3.62. The molecular formula is C23H24N4O6. The van der Waals surface area contributed by atoms with Crippen molar-refractivity contribution in [2.45, 2.75) is 26.3 Å². The number of amides is 3. The van der Waals surface area contributed by atoms with Crippen molar-refractivity contribution in [3.8, 4) is 0 Å². The van der Waals surface area contributed by atoms with Crippen molar-refractivity contribution in [2.24, 2.45) is 0 Å². The van der Waals surface area contributed by atoms with Gasteiger partial charge in [-0.2, -0.15) is 0 Å². The molecule has 0 aliphatic carbocycles. The highest BCUT2D eigenvalue weighted by Crippen LogP contribution is 2.32. The minimum atomic E-state index is -0.709. The van der Waals surface area contributed by atoms with E-state index in [1.54, 1.807) is 31.2 Å². The first-order valence-electron chi connectivity index (χ1n) is 10.3. The van der Waals surface area contributed by atoms with Gasteiger partial charge in [-0.15, -0.1) is 0 Å². The number of hydrogen-bond acceptors (Lipinski definition) is 6. The molecule has 0 radical (unpaired) electrons. The maximum absolute atomic E-state index is 12.6. The van der Waals surface area contributed by atoms with Gasteiger partial charge < -0.3 is 15.4 Å². The summed E-state index contributed by atoms with van der Waals surface area (Å²) in [6.45, 7) is 4.11. The van der Waals surface area contributed by atoms with Crippen LogP contribution in [0.2, 0.25) is 0 Å². The number of nitrogens with zero attached hydrogens (tertiary/aromatic N) is 2. The Balaban J connectivity index is 1.84. The van der Waals surface area contributed by atoms with Crippen LogP contribution in [0.3, 0.4) is 0 Å². The second-order valence-electron chi connectivity index (χ2n) is 7.41. The van der Waals surface area contributed by atoms with Crippen LogP contribution in [0.4, 0.5) is 16.2 Å². The minimum absolute atomic E-state index is 0.148. The quantitative estimate of drug-likeness (QED) is 0.373. The predicted molar refractivity (Wildman–Crippen MR) is 120 cm³/mol. The van der Waals surface area contributed by atoms with Gasteiger partial charge in [-0.3, -0.25) is 19.8 Å². The molecule has 0 saturated carbocycles. The van der Waals surface area contributed by atoms with Gasteiger partial charge in [0, 0.05) is 35.6 Å². The van der Waals surface area contributed by atoms with Crippen molar-refractivity contribution in [1.29, 1.82) is 0 Å². The lowest BCUT2D eigenvalue weighted by Gasteiger charge is -2.35. The van der Waals surface area contributed by atoms with Gasteiger partial charge in [-0.05, 0) is 37.1 Å². The van der Waals surface area contributed by atoms with Crippen LogP contribution in [0.1, 0.15) is 42.2 Å². The van der Waals surface area contributed by atoms with Gasteiger partial charge in [-0.1, -0.05) is 25.1 Å². The van der Waals surface area contributed by atoms with Gasteiger partial charge in [0.15, 0.2) is 0 Å². The molecule has 1 aliphatic rings. The van der Waals surface area contributed by atoms with E-state index in [4.69, 9.17) is 4.74 Å². The third kappa shape index (κ3) is 5.00. The van der Waals surface area contributed by atoms with Gasteiger partial charge in [0.25, 0.3) is 11.6 Å². The molecule has 0 spiro atoms. The molecule has 172 valence electrons. The van der Waals surface area contributed by atoms with Crippen molar-refractivity contribution >= 4 is 29.3 Å². The van der Waals surface area contributed by atoms with E-state index in [9.17, 15) is 24.5 Å². The summed E-state index contributed by atoms with van der Waals surface area (Å²) in [6.07, 6.45) is 0.725. The average Bonchev–Trinajstić information content (AvgIpc) is 2.81. The minimum Gasteiger partial charge on any atom is -0.466 e. The Morgan fingerprint density at radius 2 is 1.91 bits per heavy atom. The van der Waals surface area contributed by atoms with E-state index in [2.05, 4.69) is 10.6 Å². The third-order valence-corrected chi connectivity index (χ3v) is 5.27. The topological polar surface area (TPSA) is 131 Å². The van der Waals surface area contributed by atoms with E-state index < -0.39 is 22.8 Å². The number of ether oxygens (including phenoxy) is 1. The highest BCUT2D eigenvalue weighted by molar-refractivity contribution is 6.04. The average molecular weight is 452 g/mol. The molecule has 1 heterocycles. The summed E-state index contributed by atoms with van der Waals surface area (Å²) in [5.41, 5.74) is 1.91. The summed E-state index contributed by atoms with van der Waals surface area (Å²) in [6, 6.07) is 11.0. The number of benzene rings is 2. The summed E-state index contributed by atoms with van der Waals surface area (Å²) in [4.78, 5) is 49.4. The summed E-state index contributed by atoms with van der Waals surface area (Å²) >= 11 is 0. The normalized spacial score (nSPS) is 15.7. The fraction of sp³-hybridized carbons (Fsp3) is 0.261. The molecule has 10 nitrogen and oxygen atoms in total. The van der Waals surface area contributed by atoms with E-state index in [1.165, 1.54) is 36.3 Å². The van der Waals surface area contributed by atoms with E-state index >= 15 is 0 Å². The standard InChI is InChI=1S/C23H24N4O6/c1-4-12-26-14(2)19(22(29)33-3)20(25-23(26)30)15-8-10-17(11-9-15)24-21(28)16-6-5-7-18(13-16)27(31)32/h5-11,13,20H,4,12H2,1-3H3,(H,24,28)(H,25,30). The lowest BCUT2D eigenvalue weighted by Crippen LogP contribution is -2.48. The highest BCUT2D eigenvalue weighted by atomic mass is 16.6. The number of nitrogens with one attached hydrogen (secondary N) is 2. The maximum Gasteiger partial charge on any atom is 0.337 e. The molecule has 0 saturated heterocycles. The van der Waals surface area contributed by atoms with E-state index in [0.29, 0.717) is 29.1 Å². The largest absolute Gasteiger partial charge is 0.466 e. The number of nitro benzene ring substituents is 1. The second kappa shape index (κ2) is 9.94. The SMILES string of the molecule is CCCN1C(=O)NC(c2ccc(NC(=O)c3cccc([N+](=O)[O-])c3)cc2)C(C(=O)OC)=C1C. The number of urea groups is 1. The number of rotatable bonds is 7. The van der Waals surface area contributed by atoms with Crippen LogP contribution in [0, 0.1) is 10.1 Å². The fourth-order valence-electron chi connectivity index (χ4n) is 3.62. The summed E-state index contributed by atoms with van der Waals surface area (Å²) in [7, 11) is 1.28. The van der Waals surface area contributed by atoms with Crippen molar-refractivity contribution in [1.82, 2.24) is 10.2 Å². The number of non-ortho nitro benzene ring substituents is 1. The molecular weight excluding hydrogens is 428 g/mol. The molecule has 0 fully saturated rings. The van der Waals surface area contributed by atoms with Gasteiger partial charge in [0.2, 0.25) is 0 Å². The number of methoxy groups -OCH3 is 1. The van der Waals surface area contributed by atoms with Crippen molar-refractivity contribution in [3.63, 3.8) is 0 Å². The van der Waals surface area contributed by atoms with Crippen LogP contribution >= 0.6 is 0 Å². The number of carbonyl (C=O) groups excluding carboxylic acids is 3. The van der Waals surface area contributed by atoms with Crippen LogP contribution in [0.25, 0.3) is 0 Å². The van der Waals surface area contributed by atoms with Crippen molar-refractivity contribution < 1.29 is 24.0 Å². The van der Waals surface area contributed by atoms with Gasteiger partial charge in [-0.25, -0.2) is 9.59 Å². The number of anilines is 1. The zero-order valence-corrected chi connectivity index (χ0v) is 18.5. The van der Waals surface area contributed by atoms with Gasteiger partial charge in [0.05, 0.1) is 23.6 Å². The molecule has 33 heavy (non-hydrogen) atoms. The van der Waals surface area contributed by atoms with Crippen molar-refractivity contribution in [3.05, 3.63) is 81.0 Å². The molecule has 2 aromatic rings. The molecule has 1 aliphatic heterocycles. The van der Waals surface area contributed by atoms with Crippen LogP contribution in [-0.2, 0) is 9.53 Å². The Bertz CT molecular complexity index is 1130. The molecule has 0 aromatic heterocycles. The molecule has 2 aromatic carbocycles. The zero-order valence-electron chi connectivity index (χ0n) is 18.5. The third-order valence-electron chi connectivity index (χ3n) is 5.27. The Kier molecular flexibility index (Phi) is 7.07. The molecule has 2 N–H and O–H groups in total. The second-order valence-corrected chi connectivity index (χ2v) is 7.41. The molecule has 0 bridgehead atoms. The molecule has 3 amide bonds. The lowest BCUT2D eigenvalue weighted by molar-refractivity contribution is -0.384. The number of hydrogen-bond donors (Lipinski definition) is 2. The molecule has 1 unspecified atom stereocenters. The van der Waals surface area contributed by atoms with Crippen LogP contribution in [0.5, 0.6) is 0 Å². The van der Waals surface area contributed by atoms with E-state index in [1.807, 2.05) is 6.92 Å². The van der Waals surface area contributed by atoms with Gasteiger partial charge >= 0.3 is 12.0 Å². The number of nitro groups is 1. The first-order valence-corrected chi connectivity index (χ1v) is 10.3. The smallest absolute Gasteiger partial charge is 0.337 e. The number of allylic oxidation sites excluding steroid dienone is 1. The first-order chi connectivity index (χ1) is 15.8. The van der Waals surface area contributed by atoms with E-state index in [0.717, 1.165) is 6.42 Å². The first kappa shape index (κ1) is 23.5. The summed E-state index contributed by atoms with van der Waals surface area (Å²) < 4.78 is 4.95. The highest BCUT2D eigenvalue weighted by Gasteiger charge is 2.35. The molecule has 1 atom stereocenters. The molecule has 3 rings (SSSR count). The Hall–Kier alpha value is -4.21. The van der Waals surface area contributed by atoms with Crippen molar-refractivity contribution in [2.75, 3.05) is 19.0 Å². The maximum atomic E-state index is 12.6. The number of esters is 1. The zero-order chi connectivity index (χ0) is 24.1. The lowest BCUT2D eigenvalue weighted by atomic mass is 9.94. The summed E-state index contributed by atoms with van der Waals surface area (Å²) in [5, 5.41) is 16.4. The van der Waals surface area contributed by atoms with Crippen LogP contribution in [-0.4, -0.2) is 41.4 Å². The molecule has 10 heteroatoms. The predicted octanol–water partition coefficient (Wildman–Crippen LogP) is 3.77. The Morgan fingerprint density at radius 3 is 2.52 bits per heavy atom. The summed E-state index contributed by atoms with van der Waals surface area (Å²) in [5.74, 6) is -1.04. The van der Waals surface area contributed by atoms with E-state index in [-0.39, 0.29) is 17.3 Å². The van der Waals surface area contributed by atoms with Crippen LogP contribution in [0.15, 0.2) is 59.8 Å². The van der Waals surface area contributed by atoms with Gasteiger partial charge in [0.1, 0.15) is 0 Å². The Labute approximate surface area is 190 Å². The van der Waals surface area contributed by atoms with Crippen LogP contribution < -0.4 is 10.6 Å².